The number of allylic oxidation sites excluding steroid dienone is 24. The molecule has 0 aliphatic heterocycles. The molecule has 0 aromatic heterocycles. The molecule has 18 heteroatoms. The van der Waals surface area contributed by atoms with Gasteiger partial charge in [-0.2, -0.15) is 0 Å². The summed E-state index contributed by atoms with van der Waals surface area (Å²) in [6, 6.07) is 0. The average molecular weight is 1480 g/mol. The first-order valence-corrected chi connectivity index (χ1v) is 43.1. The Morgan fingerprint density at radius 2 is 0.515 bits per heavy atom. The number of hydrogen-bond acceptors (Lipinski definition) is 14. The maximum absolute atomic E-state index is 12.9. The van der Waals surface area contributed by atoms with E-state index < -0.39 is 91.5 Å². The van der Waals surface area contributed by atoms with Crippen LogP contribution in [0.4, 0.5) is 0 Å². The van der Waals surface area contributed by atoms with Crippen molar-refractivity contribution in [2.45, 2.75) is 334 Å². The Hall–Kier alpha value is -4.57. The molecular weight excluding hydrogens is 1340 g/mol. The van der Waals surface area contributed by atoms with Crippen LogP contribution < -0.4 is 0 Å². The number of carbonyl (C=O) groups is 3. The third-order valence-corrected chi connectivity index (χ3v) is 18.4. The minimum Gasteiger partial charge on any atom is -0.463 e. The first-order valence-electron chi connectivity index (χ1n) is 40.1. The first-order chi connectivity index (χ1) is 50.2. The second kappa shape index (κ2) is 77.1. The standard InChI is InChI=1S/C85H144O16P2/c1-4-7-10-13-16-19-22-25-27-29-31-32-33-34-35-36-37-38-39-40-41-42-43-44-45-46-48-50-51-54-56-59-62-65-68-71-83(88)95-74-80(86)75-97-102(91,92)98-76-81(87)77-99-103(93,94)100-79-82(101-85(90)73-70-67-64-61-58-53-24-21-18-15-12-9-6-3)78-96-84(89)72-69-66-63-60-57-55-52-49-47-30-28-26-23-20-17-14-11-8-5-2/h7-8,10-11,16-17,19-21,24-28,31-32,34-35,37-38,47,49,55,57,80-82,86-87H,4-6,9,12-15,18,22-23,29-30,33,36,39-46,48,50-54,56,58-79H2,1-3H3,(H,91,92)(H,93,94)/b10-7-,11-8-,19-16-,20-17-,24-21-,27-25-,28-26-,32-31-,35-34-,38-37-,49-47-,57-55-. The highest BCUT2D eigenvalue weighted by Crippen LogP contribution is 2.45. The lowest BCUT2D eigenvalue weighted by Gasteiger charge is -2.21. The van der Waals surface area contributed by atoms with Crippen LogP contribution in [0.25, 0.3) is 0 Å². The number of hydrogen-bond donors (Lipinski definition) is 4. The van der Waals surface area contributed by atoms with Crippen LogP contribution in [0.2, 0.25) is 0 Å². The van der Waals surface area contributed by atoms with Crippen molar-refractivity contribution in [3.8, 4) is 0 Å². The van der Waals surface area contributed by atoms with Crippen molar-refractivity contribution < 1.29 is 75.8 Å². The zero-order valence-corrected chi connectivity index (χ0v) is 66.2. The molecule has 0 aromatic carbocycles. The van der Waals surface area contributed by atoms with Gasteiger partial charge in [-0.15, -0.1) is 0 Å². The molecule has 590 valence electrons. The fourth-order valence-corrected chi connectivity index (χ4v) is 12.1. The van der Waals surface area contributed by atoms with Crippen LogP contribution in [0.3, 0.4) is 0 Å². The lowest BCUT2D eigenvalue weighted by Crippen LogP contribution is -2.30. The molecule has 103 heavy (non-hydrogen) atoms. The van der Waals surface area contributed by atoms with Crippen LogP contribution in [-0.4, -0.2) is 95.9 Å². The van der Waals surface area contributed by atoms with Crippen LogP contribution in [0.1, 0.15) is 316 Å². The van der Waals surface area contributed by atoms with Crippen LogP contribution in [0, 0.1) is 0 Å². The van der Waals surface area contributed by atoms with Gasteiger partial charge in [0.25, 0.3) is 0 Å². The van der Waals surface area contributed by atoms with Gasteiger partial charge in [0, 0.05) is 19.3 Å². The second-order valence-corrected chi connectivity index (χ2v) is 29.4. The molecule has 0 rings (SSSR count). The Morgan fingerprint density at radius 1 is 0.282 bits per heavy atom. The molecule has 0 aliphatic rings. The highest BCUT2D eigenvalue weighted by atomic mass is 31.2. The van der Waals surface area contributed by atoms with Crippen molar-refractivity contribution in [2.75, 3.05) is 39.6 Å². The van der Waals surface area contributed by atoms with Gasteiger partial charge in [0.05, 0.1) is 26.4 Å². The number of rotatable bonds is 75. The van der Waals surface area contributed by atoms with Crippen molar-refractivity contribution in [3.63, 3.8) is 0 Å². The van der Waals surface area contributed by atoms with Crippen LogP contribution in [-0.2, 0) is 55.8 Å². The third kappa shape index (κ3) is 78.3. The molecule has 0 saturated heterocycles. The van der Waals surface area contributed by atoms with Gasteiger partial charge in [-0.25, -0.2) is 9.13 Å². The summed E-state index contributed by atoms with van der Waals surface area (Å²) < 4.78 is 61.0. The summed E-state index contributed by atoms with van der Waals surface area (Å²) in [5.74, 6) is -1.62. The highest BCUT2D eigenvalue weighted by Gasteiger charge is 2.29. The Morgan fingerprint density at radius 3 is 0.835 bits per heavy atom. The lowest BCUT2D eigenvalue weighted by molar-refractivity contribution is -0.161. The van der Waals surface area contributed by atoms with Crippen molar-refractivity contribution in [1.29, 1.82) is 0 Å². The van der Waals surface area contributed by atoms with Gasteiger partial charge in [-0.3, -0.25) is 32.5 Å². The van der Waals surface area contributed by atoms with E-state index in [0.717, 1.165) is 148 Å². The van der Waals surface area contributed by atoms with E-state index in [1.807, 2.05) is 0 Å². The van der Waals surface area contributed by atoms with Gasteiger partial charge in [-0.05, 0) is 141 Å². The molecule has 0 heterocycles. The Bertz CT molecular complexity index is 2450. The quantitative estimate of drug-likeness (QED) is 0.0146. The molecule has 0 fully saturated rings. The van der Waals surface area contributed by atoms with Crippen LogP contribution in [0.5, 0.6) is 0 Å². The normalized spacial score (nSPS) is 14.7. The van der Waals surface area contributed by atoms with Crippen LogP contribution in [0.15, 0.2) is 146 Å². The monoisotopic (exact) mass is 1480 g/mol. The number of carbonyl (C=O) groups excluding carboxylic acids is 3. The molecule has 0 aromatic rings. The Kier molecular flexibility index (Phi) is 73.6. The molecule has 5 unspecified atom stereocenters. The minimum absolute atomic E-state index is 0.0845. The molecule has 0 aliphatic carbocycles. The molecule has 0 saturated carbocycles. The zero-order valence-electron chi connectivity index (χ0n) is 64.4. The van der Waals surface area contributed by atoms with Gasteiger partial charge < -0.3 is 34.2 Å². The zero-order chi connectivity index (χ0) is 75.2. The van der Waals surface area contributed by atoms with Gasteiger partial charge in [0.2, 0.25) is 0 Å². The van der Waals surface area contributed by atoms with Gasteiger partial charge in [0.1, 0.15) is 25.4 Å². The van der Waals surface area contributed by atoms with E-state index in [1.165, 1.54) is 109 Å². The largest absolute Gasteiger partial charge is 0.472 e. The second-order valence-electron chi connectivity index (χ2n) is 26.5. The number of phosphoric ester groups is 2. The third-order valence-electron chi connectivity index (χ3n) is 16.5. The van der Waals surface area contributed by atoms with Gasteiger partial charge in [0.15, 0.2) is 6.10 Å². The molecule has 0 bridgehead atoms. The Balaban J connectivity index is 4.40. The summed E-state index contributed by atoms with van der Waals surface area (Å²) in [5.41, 5.74) is 0. The molecule has 4 N–H and O–H groups in total. The minimum atomic E-state index is -4.94. The molecule has 16 nitrogen and oxygen atoms in total. The predicted octanol–water partition coefficient (Wildman–Crippen LogP) is 23.7. The van der Waals surface area contributed by atoms with Crippen molar-refractivity contribution in [2.24, 2.45) is 0 Å². The van der Waals surface area contributed by atoms with E-state index in [4.69, 9.17) is 32.3 Å². The van der Waals surface area contributed by atoms with E-state index in [0.29, 0.717) is 19.3 Å². The predicted molar refractivity (Wildman–Crippen MR) is 426 cm³/mol. The SMILES string of the molecule is CC/C=C\C/C=C\C/C=C\C/C=C\C/C=C\C/C=C\CCCCCCCCCCCCCCCCCCC(=O)OCC(O)COP(=O)(O)OCC(O)COP(=O)(O)OCC(COC(=O)CCCCC/C=C\C/C=C\C/C=C\C/C=C\C/C=C\CC)OC(=O)CCCCCCC/C=C\CCCCCC. The average Bonchev–Trinajstić information content (AvgIpc) is 0.925. The maximum Gasteiger partial charge on any atom is 0.472 e. The summed E-state index contributed by atoms with van der Waals surface area (Å²) in [4.78, 5) is 58.6. The maximum atomic E-state index is 12.9. The molecule has 0 amide bonds. The van der Waals surface area contributed by atoms with E-state index in [2.05, 4.69) is 167 Å². The molecule has 5 atom stereocenters. The molecule has 0 spiro atoms. The van der Waals surface area contributed by atoms with E-state index in [-0.39, 0.29) is 19.3 Å². The molecular formula is C85H144O16P2. The number of aliphatic hydroxyl groups excluding tert-OH is 2. The summed E-state index contributed by atoms with van der Waals surface area (Å²) in [7, 11) is -9.80. The number of unbranched alkanes of at least 4 members (excludes halogenated alkanes) is 28. The van der Waals surface area contributed by atoms with Crippen molar-refractivity contribution >= 4 is 33.6 Å². The number of aliphatic hydroxyl groups is 2. The van der Waals surface area contributed by atoms with Gasteiger partial charge >= 0.3 is 33.6 Å². The number of phosphoric acid groups is 2. The van der Waals surface area contributed by atoms with E-state index in [9.17, 15) is 43.5 Å². The smallest absolute Gasteiger partial charge is 0.463 e. The van der Waals surface area contributed by atoms with E-state index in [1.54, 1.807) is 0 Å². The van der Waals surface area contributed by atoms with Crippen LogP contribution >= 0.6 is 15.6 Å². The number of ether oxygens (including phenoxy) is 3. The number of esters is 3. The highest BCUT2D eigenvalue weighted by molar-refractivity contribution is 7.47. The molecule has 0 radical (unpaired) electrons. The Labute approximate surface area is 626 Å². The summed E-state index contributed by atoms with van der Waals surface area (Å²) in [6.45, 7) is 2.39. The van der Waals surface area contributed by atoms with Crippen molar-refractivity contribution in [3.05, 3.63) is 146 Å². The van der Waals surface area contributed by atoms with Gasteiger partial charge in [-0.1, -0.05) is 301 Å². The first kappa shape index (κ1) is 98.4. The fraction of sp³-hybridized carbons (Fsp3) is 0.682. The fourth-order valence-electron chi connectivity index (χ4n) is 10.5. The van der Waals surface area contributed by atoms with E-state index >= 15 is 0 Å². The van der Waals surface area contributed by atoms with Crippen molar-refractivity contribution in [1.82, 2.24) is 0 Å². The summed E-state index contributed by atoms with van der Waals surface area (Å²) in [5, 5.41) is 20.6. The summed E-state index contributed by atoms with van der Waals surface area (Å²) >= 11 is 0. The topological polar surface area (TPSA) is 231 Å². The summed E-state index contributed by atoms with van der Waals surface area (Å²) in [6.07, 6.45) is 94.9. The lowest BCUT2D eigenvalue weighted by atomic mass is 10.0.